The maximum Gasteiger partial charge on any atom is 0.145 e. The minimum atomic E-state index is 0.219. The minimum absolute atomic E-state index is 0.219. The fourth-order valence-electron chi connectivity index (χ4n) is 1.74. The van der Waals surface area contributed by atoms with Crippen molar-refractivity contribution in [2.45, 2.75) is 46.1 Å². The van der Waals surface area contributed by atoms with Crippen LogP contribution in [0.4, 0.5) is 11.6 Å². The van der Waals surface area contributed by atoms with Gasteiger partial charge in [0.2, 0.25) is 0 Å². The van der Waals surface area contributed by atoms with Gasteiger partial charge in [0.25, 0.3) is 0 Å². The Balaban J connectivity index is 3.14. The molecule has 0 aliphatic carbocycles. The summed E-state index contributed by atoms with van der Waals surface area (Å²) in [6.07, 6.45) is 0.463. The van der Waals surface area contributed by atoms with Gasteiger partial charge in [-0.15, -0.1) is 0 Å². The first-order valence-corrected chi connectivity index (χ1v) is 6.48. The molecule has 6 nitrogen and oxygen atoms in total. The number of nitrogen functional groups attached to an aromatic ring is 1. The third-order valence-electron chi connectivity index (χ3n) is 2.78. The van der Waals surface area contributed by atoms with Gasteiger partial charge in [-0.3, -0.25) is 0 Å². The second-order valence-corrected chi connectivity index (χ2v) is 4.96. The highest BCUT2D eigenvalue weighted by Crippen LogP contribution is 2.21. The van der Waals surface area contributed by atoms with E-state index in [1.54, 1.807) is 0 Å². The maximum absolute atomic E-state index is 8.75. The highest BCUT2D eigenvalue weighted by atomic mass is 15.3. The van der Waals surface area contributed by atoms with E-state index in [0.717, 1.165) is 11.6 Å². The van der Waals surface area contributed by atoms with Crippen LogP contribution in [-0.2, 0) is 0 Å². The average molecular weight is 262 g/mol. The highest BCUT2D eigenvalue weighted by Gasteiger charge is 2.15. The monoisotopic (exact) mass is 262 g/mol. The Morgan fingerprint density at radius 1 is 1.37 bits per heavy atom. The van der Waals surface area contributed by atoms with E-state index in [2.05, 4.69) is 40.2 Å². The molecule has 1 rings (SSSR count). The van der Waals surface area contributed by atoms with Gasteiger partial charge >= 0.3 is 0 Å². The lowest BCUT2D eigenvalue weighted by Crippen LogP contribution is -2.33. The minimum Gasteiger partial charge on any atom is -0.353 e. The normalized spacial score (nSPS) is 10.6. The molecule has 0 unspecified atom stereocenters. The van der Waals surface area contributed by atoms with Crippen LogP contribution in [0.2, 0.25) is 0 Å². The van der Waals surface area contributed by atoms with E-state index in [0.29, 0.717) is 18.8 Å². The standard InChI is InChI=1S/C13H22N6/c1-9(2)13-16-11(18-15)8-12(17-13)19(10(3)4)7-5-6-14/h8-10H,5,7,15H2,1-4H3,(H,16,17,18). The van der Waals surface area contributed by atoms with Crippen molar-refractivity contribution in [1.29, 1.82) is 5.26 Å². The van der Waals surface area contributed by atoms with Gasteiger partial charge in [-0.2, -0.15) is 5.26 Å². The molecule has 0 spiro atoms. The van der Waals surface area contributed by atoms with E-state index in [9.17, 15) is 0 Å². The summed E-state index contributed by atoms with van der Waals surface area (Å²) in [4.78, 5) is 11.0. The van der Waals surface area contributed by atoms with Gasteiger partial charge in [-0.05, 0) is 13.8 Å². The van der Waals surface area contributed by atoms with E-state index in [4.69, 9.17) is 11.1 Å². The summed E-state index contributed by atoms with van der Waals surface area (Å²) in [7, 11) is 0. The Labute approximate surface area is 114 Å². The van der Waals surface area contributed by atoms with Crippen molar-refractivity contribution in [3.63, 3.8) is 0 Å². The van der Waals surface area contributed by atoms with Crippen molar-refractivity contribution < 1.29 is 0 Å². The van der Waals surface area contributed by atoms with Crippen molar-refractivity contribution >= 4 is 11.6 Å². The third kappa shape index (κ3) is 4.07. The first-order chi connectivity index (χ1) is 8.99. The van der Waals surface area contributed by atoms with Gasteiger partial charge < -0.3 is 10.3 Å². The zero-order valence-corrected chi connectivity index (χ0v) is 12.0. The van der Waals surface area contributed by atoms with Crippen LogP contribution in [-0.4, -0.2) is 22.6 Å². The largest absolute Gasteiger partial charge is 0.353 e. The first kappa shape index (κ1) is 15.2. The Morgan fingerprint density at radius 3 is 2.53 bits per heavy atom. The van der Waals surface area contributed by atoms with Gasteiger partial charge in [0.05, 0.1) is 12.5 Å². The fourth-order valence-corrected chi connectivity index (χ4v) is 1.74. The molecule has 0 bridgehead atoms. The molecule has 1 aromatic rings. The second-order valence-electron chi connectivity index (χ2n) is 4.96. The quantitative estimate of drug-likeness (QED) is 0.602. The number of nitrogens with zero attached hydrogens (tertiary/aromatic N) is 4. The van der Waals surface area contributed by atoms with E-state index < -0.39 is 0 Å². The Hall–Kier alpha value is -1.87. The number of nitriles is 1. The SMILES string of the molecule is CC(C)c1nc(NN)cc(N(CCC#N)C(C)C)n1. The molecular weight excluding hydrogens is 240 g/mol. The Kier molecular flexibility index (Phi) is 5.52. The number of nitrogens with one attached hydrogen (secondary N) is 1. The summed E-state index contributed by atoms with van der Waals surface area (Å²) in [6.45, 7) is 8.86. The van der Waals surface area contributed by atoms with Gasteiger partial charge in [-0.1, -0.05) is 13.8 Å². The maximum atomic E-state index is 8.75. The molecule has 6 heteroatoms. The molecule has 0 fully saturated rings. The molecule has 3 N–H and O–H groups in total. The lowest BCUT2D eigenvalue weighted by atomic mass is 10.2. The molecule has 1 aromatic heterocycles. The second kappa shape index (κ2) is 6.90. The van der Waals surface area contributed by atoms with Gasteiger partial charge in [-0.25, -0.2) is 15.8 Å². The average Bonchev–Trinajstić information content (AvgIpc) is 2.38. The van der Waals surface area contributed by atoms with Crippen LogP contribution in [0.1, 0.15) is 45.9 Å². The number of rotatable bonds is 6. The van der Waals surface area contributed by atoms with Gasteiger partial charge in [0, 0.05) is 24.6 Å². The van der Waals surface area contributed by atoms with E-state index in [1.807, 2.05) is 19.9 Å². The number of hydrogen-bond donors (Lipinski definition) is 2. The molecule has 0 aromatic carbocycles. The van der Waals surface area contributed by atoms with Crippen molar-refractivity contribution in [1.82, 2.24) is 9.97 Å². The third-order valence-corrected chi connectivity index (χ3v) is 2.78. The summed E-state index contributed by atoms with van der Waals surface area (Å²) in [5, 5.41) is 8.75. The number of hydrogen-bond acceptors (Lipinski definition) is 6. The zero-order chi connectivity index (χ0) is 14.4. The summed E-state index contributed by atoms with van der Waals surface area (Å²) >= 11 is 0. The molecule has 0 aliphatic rings. The zero-order valence-electron chi connectivity index (χ0n) is 12.0. The molecule has 104 valence electrons. The van der Waals surface area contributed by atoms with Crippen LogP contribution < -0.4 is 16.2 Å². The molecule has 1 heterocycles. The van der Waals surface area contributed by atoms with E-state index in [-0.39, 0.29) is 12.0 Å². The molecule has 0 radical (unpaired) electrons. The summed E-state index contributed by atoms with van der Waals surface area (Å²) in [5.74, 6) is 7.81. The number of aromatic nitrogens is 2. The van der Waals surface area contributed by atoms with Gasteiger partial charge in [0.1, 0.15) is 17.5 Å². The van der Waals surface area contributed by atoms with E-state index in [1.165, 1.54) is 0 Å². The number of hydrazine groups is 1. The van der Waals surface area contributed by atoms with Crippen LogP contribution in [0, 0.1) is 11.3 Å². The van der Waals surface area contributed by atoms with Crippen molar-refractivity contribution in [3.05, 3.63) is 11.9 Å². The fraction of sp³-hybridized carbons (Fsp3) is 0.615. The lowest BCUT2D eigenvalue weighted by molar-refractivity contribution is 0.666. The number of anilines is 2. The molecule has 19 heavy (non-hydrogen) atoms. The first-order valence-electron chi connectivity index (χ1n) is 6.48. The Morgan fingerprint density at radius 2 is 2.05 bits per heavy atom. The molecule has 0 saturated heterocycles. The lowest BCUT2D eigenvalue weighted by Gasteiger charge is -2.27. The topological polar surface area (TPSA) is 90.9 Å². The predicted molar refractivity (Wildman–Crippen MR) is 76.6 cm³/mol. The number of nitrogens with two attached hydrogens (primary N) is 1. The summed E-state index contributed by atoms with van der Waals surface area (Å²) in [6, 6.07) is 4.23. The molecule has 0 saturated carbocycles. The van der Waals surface area contributed by atoms with Crippen LogP contribution in [0.25, 0.3) is 0 Å². The van der Waals surface area contributed by atoms with Crippen LogP contribution in [0.5, 0.6) is 0 Å². The molecule has 0 aliphatic heterocycles. The Bertz CT molecular complexity index is 449. The molecular formula is C13H22N6. The van der Waals surface area contributed by atoms with Crippen molar-refractivity contribution in [3.8, 4) is 6.07 Å². The van der Waals surface area contributed by atoms with Crippen molar-refractivity contribution in [2.75, 3.05) is 16.9 Å². The summed E-state index contributed by atoms with van der Waals surface area (Å²) in [5.41, 5.74) is 2.57. The van der Waals surface area contributed by atoms with Crippen LogP contribution in [0.15, 0.2) is 6.07 Å². The molecule has 0 amide bonds. The van der Waals surface area contributed by atoms with Crippen molar-refractivity contribution in [2.24, 2.45) is 5.84 Å². The smallest absolute Gasteiger partial charge is 0.145 e. The van der Waals surface area contributed by atoms with Crippen LogP contribution >= 0.6 is 0 Å². The van der Waals surface area contributed by atoms with Crippen LogP contribution in [0.3, 0.4) is 0 Å². The van der Waals surface area contributed by atoms with Gasteiger partial charge in [0.15, 0.2) is 0 Å². The van der Waals surface area contributed by atoms with E-state index >= 15 is 0 Å². The predicted octanol–water partition coefficient (Wildman–Crippen LogP) is 2.01. The highest BCUT2D eigenvalue weighted by molar-refractivity contribution is 5.49. The summed E-state index contributed by atoms with van der Waals surface area (Å²) < 4.78 is 0. The molecule has 0 atom stereocenters.